The number of nitrogens with zero attached hydrogens (tertiary/aromatic N) is 2. The lowest BCUT2D eigenvalue weighted by Crippen LogP contribution is -2.26. The minimum Gasteiger partial charge on any atom is -0.299 e. The van der Waals surface area contributed by atoms with Crippen molar-refractivity contribution >= 4 is 62.0 Å². The highest BCUT2D eigenvalue weighted by Gasteiger charge is 2.10. The van der Waals surface area contributed by atoms with Gasteiger partial charge in [0.05, 0.1) is 0 Å². The Bertz CT molecular complexity index is 604. The molecule has 0 bridgehead atoms. The first kappa shape index (κ1) is 45.0. The van der Waals surface area contributed by atoms with Crippen molar-refractivity contribution in [3.05, 3.63) is 35.4 Å². The van der Waals surface area contributed by atoms with E-state index in [0.717, 1.165) is 13.1 Å². The quantitative estimate of drug-likeness (QED) is 0.316. The summed E-state index contributed by atoms with van der Waals surface area (Å²) in [7, 11) is 0. The van der Waals surface area contributed by atoms with E-state index in [4.69, 9.17) is 0 Å². The molecule has 0 aromatic heterocycles. The summed E-state index contributed by atoms with van der Waals surface area (Å²) < 4.78 is 0. The Hall–Kier alpha value is 0.590. The number of hydrogen-bond donors (Lipinski definition) is 0. The van der Waals surface area contributed by atoms with Crippen LogP contribution in [0.5, 0.6) is 0 Å². The van der Waals surface area contributed by atoms with E-state index < -0.39 is 0 Å². The molecule has 0 radical (unpaired) electrons. The van der Waals surface area contributed by atoms with E-state index in [-0.39, 0.29) is 62.0 Å². The predicted octanol–water partition coefficient (Wildman–Crippen LogP) is 11.6. The summed E-state index contributed by atoms with van der Waals surface area (Å²) in [4.78, 5) is 5.49. The highest BCUT2D eigenvalue weighted by atomic mass is 35.5. The van der Waals surface area contributed by atoms with Gasteiger partial charge in [-0.15, -0.1) is 62.0 Å². The van der Waals surface area contributed by atoms with Crippen LogP contribution in [0.1, 0.15) is 146 Å². The fraction of sp³-hybridized carbons (Fsp3) is 0.818. The Morgan fingerprint density at radius 2 is 0.475 bits per heavy atom. The van der Waals surface area contributed by atoms with E-state index in [2.05, 4.69) is 34.1 Å². The van der Waals surface area contributed by atoms with E-state index in [1.807, 2.05) is 0 Å². The van der Waals surface area contributed by atoms with E-state index in [9.17, 15) is 0 Å². The molecule has 0 atom stereocenters. The highest BCUT2D eigenvalue weighted by molar-refractivity contribution is 5.86. The summed E-state index contributed by atoms with van der Waals surface area (Å²) in [5.41, 5.74) is 3.03. The Morgan fingerprint density at radius 3 is 0.675 bits per heavy atom. The van der Waals surface area contributed by atoms with Gasteiger partial charge in [-0.1, -0.05) is 133 Å². The van der Waals surface area contributed by atoms with Crippen LogP contribution >= 0.6 is 62.0 Å². The zero-order valence-electron chi connectivity index (χ0n) is 25.3. The molecule has 240 valence electrons. The molecule has 3 rings (SSSR count). The van der Waals surface area contributed by atoms with Crippen LogP contribution in [0, 0.1) is 0 Å². The van der Waals surface area contributed by atoms with Gasteiger partial charge >= 0.3 is 0 Å². The fourth-order valence-electron chi connectivity index (χ4n) is 6.15. The van der Waals surface area contributed by atoms with Gasteiger partial charge in [0.1, 0.15) is 0 Å². The van der Waals surface area contributed by atoms with Gasteiger partial charge in [0.25, 0.3) is 0 Å². The number of benzene rings is 1. The molecule has 2 nitrogen and oxygen atoms in total. The molecule has 2 heterocycles. The lowest BCUT2D eigenvalue weighted by atomic mass is 10.0. The van der Waals surface area contributed by atoms with Gasteiger partial charge in [-0.25, -0.2) is 0 Å². The van der Waals surface area contributed by atoms with Crippen LogP contribution in [0.25, 0.3) is 0 Å². The first-order valence-corrected chi connectivity index (χ1v) is 15.9. The summed E-state index contributed by atoms with van der Waals surface area (Å²) in [6, 6.07) is 9.73. The van der Waals surface area contributed by atoms with Crippen LogP contribution in [-0.2, 0) is 13.1 Å². The van der Waals surface area contributed by atoms with Crippen LogP contribution < -0.4 is 0 Å². The van der Waals surface area contributed by atoms with E-state index >= 15 is 0 Å². The average molecular weight is 665 g/mol. The molecule has 7 heteroatoms. The summed E-state index contributed by atoms with van der Waals surface area (Å²) in [6.45, 7) is 7.43. The number of halogens is 5. The van der Waals surface area contributed by atoms with E-state index in [1.165, 1.54) is 172 Å². The molecule has 0 N–H and O–H groups in total. The van der Waals surface area contributed by atoms with Crippen molar-refractivity contribution in [2.75, 3.05) is 26.2 Å². The van der Waals surface area contributed by atoms with Gasteiger partial charge in [0.15, 0.2) is 0 Å². The second-order valence-corrected chi connectivity index (χ2v) is 11.8. The topological polar surface area (TPSA) is 6.48 Å². The molecule has 2 aliphatic rings. The molecule has 2 fully saturated rings. The molecule has 40 heavy (non-hydrogen) atoms. The van der Waals surface area contributed by atoms with Crippen LogP contribution in [0.15, 0.2) is 24.3 Å². The SMILES string of the molecule is Cl.Cl.Cl.Cl.Cl.c1cc(CN2CCCCCCCCCCCC2)ccc1CN1CCCCCCCCCCCCC1. The maximum absolute atomic E-state index is 2.75. The molecule has 0 aliphatic carbocycles. The van der Waals surface area contributed by atoms with Crippen LogP contribution in [-0.4, -0.2) is 36.0 Å². The van der Waals surface area contributed by atoms with Crippen LogP contribution in [0.2, 0.25) is 0 Å². The molecule has 2 saturated heterocycles. The fourth-order valence-corrected chi connectivity index (χ4v) is 6.15. The monoisotopic (exact) mass is 662 g/mol. The Kier molecular flexibility index (Phi) is 34.9. The van der Waals surface area contributed by atoms with Crippen molar-refractivity contribution < 1.29 is 0 Å². The minimum atomic E-state index is 0. The first-order chi connectivity index (χ1) is 17.4. The normalized spacial score (nSPS) is 20.0. The standard InChI is InChI=1S/C33H58N2.5ClH/c1-2-6-10-14-18-26-34(27-19-15-11-7-3-1)30-32-22-24-33(25-23-32)31-35-28-20-16-12-8-4-5-9-13-17-21-29-35;;;;;/h22-25H,1-21,26-31H2;5*1H. The molecule has 0 unspecified atom stereocenters. The third kappa shape index (κ3) is 22.2. The molecule has 1 aromatic carbocycles. The maximum atomic E-state index is 2.75. The number of rotatable bonds is 4. The second kappa shape index (κ2) is 31.0. The molecule has 0 spiro atoms. The van der Waals surface area contributed by atoms with Gasteiger partial charge in [0.2, 0.25) is 0 Å². The summed E-state index contributed by atoms with van der Waals surface area (Å²) in [5, 5.41) is 0. The molecular weight excluding hydrogens is 602 g/mol. The van der Waals surface area contributed by atoms with E-state index in [1.54, 1.807) is 0 Å². The minimum absolute atomic E-state index is 0. The molecule has 2 aliphatic heterocycles. The zero-order valence-corrected chi connectivity index (χ0v) is 29.4. The molecule has 0 amide bonds. The Balaban J connectivity index is -0.00000274. The summed E-state index contributed by atoms with van der Waals surface area (Å²) in [6.07, 6.45) is 30.2. The van der Waals surface area contributed by atoms with Crippen LogP contribution in [0.4, 0.5) is 0 Å². The maximum Gasteiger partial charge on any atom is 0.0233 e. The van der Waals surface area contributed by atoms with Gasteiger partial charge in [-0.2, -0.15) is 0 Å². The average Bonchev–Trinajstić information content (AvgIpc) is 2.90. The van der Waals surface area contributed by atoms with Gasteiger partial charge in [0, 0.05) is 13.1 Å². The third-order valence-electron chi connectivity index (χ3n) is 8.48. The van der Waals surface area contributed by atoms with Crippen molar-refractivity contribution in [1.82, 2.24) is 9.80 Å². The smallest absolute Gasteiger partial charge is 0.0233 e. The van der Waals surface area contributed by atoms with Gasteiger partial charge in [-0.05, 0) is 63.0 Å². The van der Waals surface area contributed by atoms with Gasteiger partial charge < -0.3 is 0 Å². The second-order valence-electron chi connectivity index (χ2n) is 11.8. The molecule has 0 saturated carbocycles. The van der Waals surface area contributed by atoms with Gasteiger partial charge in [-0.3, -0.25) is 9.80 Å². The Labute approximate surface area is 280 Å². The molecular formula is C33H63Cl5N2. The summed E-state index contributed by atoms with van der Waals surface area (Å²) in [5.74, 6) is 0. The lowest BCUT2D eigenvalue weighted by Gasteiger charge is -2.24. The van der Waals surface area contributed by atoms with Crippen molar-refractivity contribution in [3.63, 3.8) is 0 Å². The predicted molar refractivity (Wildman–Crippen MR) is 190 cm³/mol. The zero-order chi connectivity index (χ0) is 24.2. The number of hydrogen-bond acceptors (Lipinski definition) is 2. The lowest BCUT2D eigenvalue weighted by molar-refractivity contribution is 0.250. The van der Waals surface area contributed by atoms with Crippen LogP contribution in [0.3, 0.4) is 0 Å². The highest BCUT2D eigenvalue weighted by Crippen LogP contribution is 2.17. The Morgan fingerprint density at radius 1 is 0.300 bits per heavy atom. The first-order valence-electron chi connectivity index (χ1n) is 15.9. The van der Waals surface area contributed by atoms with Crippen molar-refractivity contribution in [2.45, 2.75) is 148 Å². The van der Waals surface area contributed by atoms with E-state index in [0.29, 0.717) is 0 Å². The summed E-state index contributed by atoms with van der Waals surface area (Å²) >= 11 is 0. The third-order valence-corrected chi connectivity index (χ3v) is 8.48. The van der Waals surface area contributed by atoms with Crippen molar-refractivity contribution in [3.8, 4) is 0 Å². The molecule has 1 aromatic rings. The largest absolute Gasteiger partial charge is 0.299 e. The van der Waals surface area contributed by atoms with Crippen molar-refractivity contribution in [2.24, 2.45) is 0 Å². The van der Waals surface area contributed by atoms with Crippen molar-refractivity contribution in [1.29, 1.82) is 0 Å².